The van der Waals surface area contributed by atoms with E-state index in [1.807, 2.05) is 13.8 Å². The number of rotatable bonds is 2. The van der Waals surface area contributed by atoms with Crippen LogP contribution in [0.15, 0.2) is 4.52 Å². The van der Waals surface area contributed by atoms with E-state index in [4.69, 9.17) is 4.52 Å². The third kappa shape index (κ3) is 1.53. The molecule has 0 amide bonds. The van der Waals surface area contributed by atoms with E-state index in [0.29, 0.717) is 0 Å². The van der Waals surface area contributed by atoms with E-state index in [1.165, 1.54) is 0 Å². The van der Waals surface area contributed by atoms with Gasteiger partial charge in [-0.15, -0.1) is 0 Å². The van der Waals surface area contributed by atoms with Gasteiger partial charge >= 0.3 is 0 Å². The van der Waals surface area contributed by atoms with Gasteiger partial charge in [0.25, 0.3) is 0 Å². The standard InChI is InChI=1S/C13H20N2O2/c1-9(16)12-3-6-13(7-4-12,8-5-12)11-14-10(2)15-17-11/h9,16H,3-8H2,1-2H3. The minimum Gasteiger partial charge on any atom is -0.393 e. The number of hydrogen-bond acceptors (Lipinski definition) is 4. The van der Waals surface area contributed by atoms with Crippen LogP contribution in [0.2, 0.25) is 0 Å². The Balaban J connectivity index is 1.86. The number of hydrogen-bond donors (Lipinski definition) is 1. The number of aliphatic hydroxyl groups excluding tert-OH is 1. The summed E-state index contributed by atoms with van der Waals surface area (Å²) in [6, 6.07) is 0. The maximum absolute atomic E-state index is 9.96. The Morgan fingerprint density at radius 2 is 1.76 bits per heavy atom. The molecule has 0 spiro atoms. The van der Waals surface area contributed by atoms with Crippen LogP contribution in [0.25, 0.3) is 0 Å². The molecule has 4 heteroatoms. The van der Waals surface area contributed by atoms with Gasteiger partial charge in [-0.3, -0.25) is 0 Å². The van der Waals surface area contributed by atoms with Crippen molar-refractivity contribution in [3.8, 4) is 0 Å². The molecule has 1 heterocycles. The van der Waals surface area contributed by atoms with E-state index in [-0.39, 0.29) is 16.9 Å². The van der Waals surface area contributed by atoms with Gasteiger partial charge in [0.1, 0.15) is 0 Å². The fourth-order valence-electron chi connectivity index (χ4n) is 3.67. The highest BCUT2D eigenvalue weighted by atomic mass is 16.5. The zero-order chi connectivity index (χ0) is 12.1. The molecular weight excluding hydrogens is 216 g/mol. The van der Waals surface area contributed by atoms with Crippen molar-refractivity contribution < 1.29 is 9.63 Å². The lowest BCUT2D eigenvalue weighted by Gasteiger charge is -2.53. The Morgan fingerprint density at radius 1 is 1.18 bits per heavy atom. The van der Waals surface area contributed by atoms with Crippen LogP contribution in [-0.2, 0) is 5.41 Å². The zero-order valence-corrected chi connectivity index (χ0v) is 10.6. The first-order chi connectivity index (χ1) is 8.06. The molecule has 1 unspecified atom stereocenters. The lowest BCUT2D eigenvalue weighted by Crippen LogP contribution is -2.48. The molecule has 0 saturated heterocycles. The van der Waals surface area contributed by atoms with Gasteiger partial charge in [0, 0.05) is 5.41 Å². The second-order valence-corrected chi connectivity index (χ2v) is 5.97. The van der Waals surface area contributed by atoms with Gasteiger partial charge in [0.2, 0.25) is 5.89 Å². The lowest BCUT2D eigenvalue weighted by molar-refractivity contribution is -0.0620. The predicted octanol–water partition coefficient (Wildman–Crippen LogP) is 2.35. The van der Waals surface area contributed by atoms with E-state index in [0.717, 1.165) is 50.2 Å². The molecule has 3 aliphatic carbocycles. The van der Waals surface area contributed by atoms with Gasteiger partial charge in [0.15, 0.2) is 5.82 Å². The Hall–Kier alpha value is -0.900. The molecule has 3 aliphatic rings. The smallest absolute Gasteiger partial charge is 0.232 e. The van der Waals surface area contributed by atoms with Crippen LogP contribution >= 0.6 is 0 Å². The van der Waals surface area contributed by atoms with Crippen molar-refractivity contribution in [3.63, 3.8) is 0 Å². The summed E-state index contributed by atoms with van der Waals surface area (Å²) in [6.07, 6.45) is 6.33. The van der Waals surface area contributed by atoms with Gasteiger partial charge in [-0.2, -0.15) is 4.98 Å². The van der Waals surface area contributed by atoms with Gasteiger partial charge in [-0.05, 0) is 57.8 Å². The van der Waals surface area contributed by atoms with Crippen LogP contribution in [0.5, 0.6) is 0 Å². The second-order valence-electron chi connectivity index (χ2n) is 5.97. The van der Waals surface area contributed by atoms with Crippen molar-refractivity contribution >= 4 is 0 Å². The summed E-state index contributed by atoms with van der Waals surface area (Å²) >= 11 is 0. The highest BCUT2D eigenvalue weighted by molar-refractivity contribution is 5.14. The summed E-state index contributed by atoms with van der Waals surface area (Å²) in [5, 5.41) is 13.9. The molecule has 1 atom stereocenters. The normalized spacial score (nSPS) is 38.3. The highest BCUT2D eigenvalue weighted by Crippen LogP contribution is 2.58. The molecule has 0 radical (unpaired) electrons. The molecule has 0 aromatic carbocycles. The monoisotopic (exact) mass is 236 g/mol. The first-order valence-corrected chi connectivity index (χ1v) is 6.55. The molecule has 94 valence electrons. The average Bonchev–Trinajstić information content (AvgIpc) is 2.79. The first kappa shape index (κ1) is 11.2. The zero-order valence-electron chi connectivity index (χ0n) is 10.6. The third-order valence-electron chi connectivity index (χ3n) is 5.17. The number of aliphatic hydroxyl groups is 1. The fourth-order valence-corrected chi connectivity index (χ4v) is 3.67. The molecule has 0 aliphatic heterocycles. The van der Waals surface area contributed by atoms with E-state index < -0.39 is 0 Å². The average molecular weight is 236 g/mol. The van der Waals surface area contributed by atoms with Gasteiger partial charge < -0.3 is 9.63 Å². The van der Waals surface area contributed by atoms with E-state index in [9.17, 15) is 5.11 Å². The quantitative estimate of drug-likeness (QED) is 0.856. The number of fused-ring (bicyclic) bond motifs is 3. The van der Waals surface area contributed by atoms with Crippen LogP contribution in [0.1, 0.15) is 57.2 Å². The molecule has 1 N–H and O–H groups in total. The van der Waals surface area contributed by atoms with Gasteiger partial charge in [0.05, 0.1) is 6.10 Å². The molecule has 2 bridgehead atoms. The van der Waals surface area contributed by atoms with Crippen molar-refractivity contribution in [3.05, 3.63) is 11.7 Å². The maximum atomic E-state index is 9.96. The van der Waals surface area contributed by atoms with E-state index >= 15 is 0 Å². The van der Waals surface area contributed by atoms with E-state index in [2.05, 4.69) is 10.1 Å². The van der Waals surface area contributed by atoms with Crippen molar-refractivity contribution in [2.45, 2.75) is 63.9 Å². The molecule has 17 heavy (non-hydrogen) atoms. The summed E-state index contributed by atoms with van der Waals surface area (Å²) < 4.78 is 5.39. The first-order valence-electron chi connectivity index (χ1n) is 6.55. The molecule has 3 saturated carbocycles. The van der Waals surface area contributed by atoms with Gasteiger partial charge in [-0.25, -0.2) is 0 Å². The summed E-state index contributed by atoms with van der Waals surface area (Å²) in [5.41, 5.74) is 0.273. The van der Waals surface area contributed by atoms with Crippen LogP contribution < -0.4 is 0 Å². The Labute approximate surface area is 101 Å². The molecule has 1 aromatic heterocycles. The molecule has 4 nitrogen and oxygen atoms in total. The largest absolute Gasteiger partial charge is 0.393 e. The van der Waals surface area contributed by atoms with Crippen LogP contribution in [0.4, 0.5) is 0 Å². The third-order valence-corrected chi connectivity index (χ3v) is 5.17. The minimum absolute atomic E-state index is 0.109. The molecule has 1 aromatic rings. The highest BCUT2D eigenvalue weighted by Gasteiger charge is 2.53. The number of nitrogens with zero attached hydrogens (tertiary/aromatic N) is 2. The number of aromatic nitrogens is 2. The molecule has 3 fully saturated rings. The number of aryl methyl sites for hydroxylation is 1. The Bertz CT molecular complexity index is 400. The van der Waals surface area contributed by atoms with E-state index in [1.54, 1.807) is 0 Å². The fraction of sp³-hybridized carbons (Fsp3) is 0.846. The summed E-state index contributed by atoms with van der Waals surface area (Å²) in [4.78, 5) is 4.43. The minimum atomic E-state index is -0.190. The summed E-state index contributed by atoms with van der Waals surface area (Å²) in [7, 11) is 0. The van der Waals surface area contributed by atoms with Gasteiger partial charge in [-0.1, -0.05) is 5.16 Å². The van der Waals surface area contributed by atoms with Crippen molar-refractivity contribution in [2.24, 2.45) is 5.41 Å². The topological polar surface area (TPSA) is 59.2 Å². The van der Waals surface area contributed by atoms with Crippen LogP contribution in [-0.4, -0.2) is 21.4 Å². The SMILES string of the molecule is Cc1noc(C23CCC(C(C)O)(CC2)CC3)n1. The molecule has 4 rings (SSSR count). The summed E-state index contributed by atoms with van der Waals surface area (Å²) in [5.74, 6) is 1.56. The Kier molecular flexibility index (Phi) is 2.34. The predicted molar refractivity (Wildman–Crippen MR) is 62.5 cm³/mol. The Morgan fingerprint density at radius 3 is 2.18 bits per heavy atom. The van der Waals surface area contributed by atoms with Crippen molar-refractivity contribution in [1.82, 2.24) is 10.1 Å². The van der Waals surface area contributed by atoms with Crippen molar-refractivity contribution in [2.75, 3.05) is 0 Å². The molecular formula is C13H20N2O2. The van der Waals surface area contributed by atoms with Crippen molar-refractivity contribution in [1.29, 1.82) is 0 Å². The summed E-state index contributed by atoms with van der Waals surface area (Å²) in [6.45, 7) is 3.81. The van der Waals surface area contributed by atoms with Crippen LogP contribution in [0.3, 0.4) is 0 Å². The lowest BCUT2D eigenvalue weighted by atomic mass is 9.52. The maximum Gasteiger partial charge on any atom is 0.232 e. The second kappa shape index (κ2) is 3.55. The van der Waals surface area contributed by atoms with Crippen LogP contribution in [0, 0.1) is 12.3 Å².